The predicted octanol–water partition coefficient (Wildman–Crippen LogP) is 3.75. The van der Waals surface area contributed by atoms with Gasteiger partial charge in [0.25, 0.3) is 0 Å². The second-order valence-electron chi connectivity index (χ2n) is 5.14. The van der Waals surface area contributed by atoms with Gasteiger partial charge in [-0.3, -0.25) is 0 Å². The monoisotopic (exact) mass is 312 g/mol. The summed E-state index contributed by atoms with van der Waals surface area (Å²) >= 11 is 1.53. The van der Waals surface area contributed by atoms with Crippen LogP contribution in [-0.4, -0.2) is 12.0 Å². The largest absolute Gasteiger partial charge is 0.307 e. The van der Waals surface area contributed by atoms with E-state index in [-0.39, 0.29) is 5.56 Å². The molecule has 1 unspecified atom stereocenters. The van der Waals surface area contributed by atoms with Crippen molar-refractivity contribution in [3.05, 3.63) is 50.7 Å². The first-order valence-electron chi connectivity index (χ1n) is 6.90. The third-order valence-electron chi connectivity index (χ3n) is 3.75. The van der Waals surface area contributed by atoms with Crippen molar-refractivity contribution < 1.29 is 13.2 Å². The lowest BCUT2D eigenvalue weighted by atomic mass is 10.0. The molecule has 0 fully saturated rings. The molecule has 21 heavy (non-hydrogen) atoms. The van der Waals surface area contributed by atoms with E-state index in [1.807, 2.05) is 0 Å². The van der Waals surface area contributed by atoms with Crippen molar-refractivity contribution in [2.24, 2.45) is 0 Å². The Kier molecular flexibility index (Phi) is 3.99. The van der Waals surface area contributed by atoms with Crippen LogP contribution in [0.25, 0.3) is 0 Å². The lowest BCUT2D eigenvalue weighted by molar-refractivity contribution is 0.483. The molecule has 0 saturated carbocycles. The average Bonchev–Trinajstić information content (AvgIpc) is 2.88. The third-order valence-corrected chi connectivity index (χ3v) is 4.97. The molecule has 1 atom stereocenters. The van der Waals surface area contributed by atoms with Crippen molar-refractivity contribution in [1.29, 1.82) is 0 Å². The number of aryl methyl sites for hydroxylation is 2. The molecule has 1 aromatic heterocycles. The van der Waals surface area contributed by atoms with Gasteiger partial charge >= 0.3 is 0 Å². The van der Waals surface area contributed by atoms with Gasteiger partial charge in [0.05, 0.1) is 11.7 Å². The summed E-state index contributed by atoms with van der Waals surface area (Å²) in [6, 6.07) is 0.935. The predicted molar refractivity (Wildman–Crippen MR) is 76.0 cm³/mol. The fourth-order valence-corrected chi connectivity index (χ4v) is 3.95. The Hall–Kier alpha value is -1.40. The first kappa shape index (κ1) is 14.5. The van der Waals surface area contributed by atoms with Gasteiger partial charge < -0.3 is 5.32 Å². The molecule has 1 aliphatic carbocycles. The quantitative estimate of drug-likeness (QED) is 0.873. The van der Waals surface area contributed by atoms with Crippen LogP contribution < -0.4 is 5.32 Å². The molecule has 3 rings (SSSR count). The highest BCUT2D eigenvalue weighted by Crippen LogP contribution is 2.33. The lowest BCUT2D eigenvalue weighted by Crippen LogP contribution is -2.19. The number of halogens is 3. The Balaban J connectivity index is 2.02. The Morgan fingerprint density at radius 2 is 1.81 bits per heavy atom. The molecule has 0 spiro atoms. The van der Waals surface area contributed by atoms with Crippen LogP contribution in [0.5, 0.6) is 0 Å². The van der Waals surface area contributed by atoms with Crippen molar-refractivity contribution in [3.8, 4) is 0 Å². The maximum absolute atomic E-state index is 14.0. The number of rotatable bonds is 3. The second-order valence-corrected chi connectivity index (χ2v) is 6.25. The Morgan fingerprint density at radius 1 is 1.10 bits per heavy atom. The molecule has 1 aliphatic rings. The zero-order chi connectivity index (χ0) is 15.0. The van der Waals surface area contributed by atoms with Crippen LogP contribution >= 0.6 is 11.3 Å². The number of nitrogens with zero attached hydrogens (tertiary/aromatic N) is 1. The van der Waals surface area contributed by atoms with E-state index in [1.165, 1.54) is 16.2 Å². The zero-order valence-electron chi connectivity index (χ0n) is 11.5. The van der Waals surface area contributed by atoms with Gasteiger partial charge in [0.1, 0.15) is 10.8 Å². The lowest BCUT2D eigenvalue weighted by Gasteiger charge is -2.15. The number of hydrogen-bond acceptors (Lipinski definition) is 3. The number of benzene rings is 1. The normalized spacial score (nSPS) is 15.8. The molecule has 1 heterocycles. The molecule has 112 valence electrons. The molecule has 6 heteroatoms. The molecular formula is C15H15F3N2S. The van der Waals surface area contributed by atoms with Gasteiger partial charge in [-0.1, -0.05) is 0 Å². The maximum atomic E-state index is 14.0. The van der Waals surface area contributed by atoms with E-state index in [0.29, 0.717) is 11.1 Å². The molecule has 1 aromatic carbocycles. The SMILES string of the molecule is CNC(c1nc2c(s1)CCCC2)c1cc(F)c(F)cc1F. The summed E-state index contributed by atoms with van der Waals surface area (Å²) in [4.78, 5) is 5.79. The first-order chi connectivity index (χ1) is 10.1. The van der Waals surface area contributed by atoms with Gasteiger partial charge in [0.15, 0.2) is 11.6 Å². The molecule has 2 nitrogen and oxygen atoms in total. The highest BCUT2D eigenvalue weighted by Gasteiger charge is 2.24. The van der Waals surface area contributed by atoms with Crippen LogP contribution in [0.4, 0.5) is 13.2 Å². The molecule has 0 amide bonds. The number of nitrogens with one attached hydrogen (secondary N) is 1. The summed E-state index contributed by atoms with van der Waals surface area (Å²) in [7, 11) is 1.66. The standard InChI is InChI=1S/C15H15F3N2S/c1-19-14(8-6-10(17)11(18)7-9(8)16)15-20-12-4-2-3-5-13(12)21-15/h6-7,14,19H,2-5H2,1H3. The summed E-state index contributed by atoms with van der Waals surface area (Å²) in [5.41, 5.74) is 1.15. The maximum Gasteiger partial charge on any atom is 0.161 e. The van der Waals surface area contributed by atoms with Gasteiger partial charge in [-0.15, -0.1) is 11.3 Å². The van der Waals surface area contributed by atoms with Gasteiger partial charge in [-0.2, -0.15) is 0 Å². The summed E-state index contributed by atoms with van der Waals surface area (Å²) in [6.45, 7) is 0. The van der Waals surface area contributed by atoms with E-state index in [0.717, 1.165) is 37.4 Å². The number of aromatic nitrogens is 1. The van der Waals surface area contributed by atoms with Crippen LogP contribution in [0.2, 0.25) is 0 Å². The van der Waals surface area contributed by atoms with Crippen molar-refractivity contribution in [2.45, 2.75) is 31.7 Å². The highest BCUT2D eigenvalue weighted by molar-refractivity contribution is 7.11. The van der Waals surface area contributed by atoms with Crippen molar-refractivity contribution in [2.75, 3.05) is 7.05 Å². The fraction of sp³-hybridized carbons (Fsp3) is 0.400. The van der Waals surface area contributed by atoms with E-state index in [2.05, 4.69) is 10.3 Å². The van der Waals surface area contributed by atoms with Crippen LogP contribution in [0.15, 0.2) is 12.1 Å². The topological polar surface area (TPSA) is 24.9 Å². The fourth-order valence-electron chi connectivity index (χ4n) is 2.67. The second kappa shape index (κ2) is 5.77. The minimum Gasteiger partial charge on any atom is -0.307 e. The molecule has 0 saturated heterocycles. The van der Waals surface area contributed by atoms with Crippen LogP contribution in [0.3, 0.4) is 0 Å². The van der Waals surface area contributed by atoms with Gasteiger partial charge in [-0.05, 0) is 38.8 Å². The molecule has 0 aliphatic heterocycles. The van der Waals surface area contributed by atoms with E-state index in [1.54, 1.807) is 7.05 Å². The number of hydrogen-bond donors (Lipinski definition) is 1. The summed E-state index contributed by atoms with van der Waals surface area (Å²) in [6.07, 6.45) is 4.17. The summed E-state index contributed by atoms with van der Waals surface area (Å²) < 4.78 is 40.4. The van der Waals surface area contributed by atoms with Crippen LogP contribution in [0.1, 0.15) is 40.0 Å². The van der Waals surface area contributed by atoms with Crippen LogP contribution in [0, 0.1) is 17.5 Å². The molecule has 0 radical (unpaired) electrons. The van der Waals surface area contributed by atoms with Crippen molar-refractivity contribution in [1.82, 2.24) is 10.3 Å². The number of thiazole rings is 1. The minimum atomic E-state index is -1.18. The van der Waals surface area contributed by atoms with Crippen molar-refractivity contribution in [3.63, 3.8) is 0 Å². The van der Waals surface area contributed by atoms with E-state index < -0.39 is 23.5 Å². The molecular weight excluding hydrogens is 297 g/mol. The van der Waals surface area contributed by atoms with E-state index in [4.69, 9.17) is 0 Å². The number of fused-ring (bicyclic) bond motifs is 1. The van der Waals surface area contributed by atoms with Crippen molar-refractivity contribution >= 4 is 11.3 Å². The van der Waals surface area contributed by atoms with Gasteiger partial charge in [0.2, 0.25) is 0 Å². The van der Waals surface area contributed by atoms with Crippen LogP contribution in [-0.2, 0) is 12.8 Å². The zero-order valence-corrected chi connectivity index (χ0v) is 12.4. The highest BCUT2D eigenvalue weighted by atomic mass is 32.1. The molecule has 2 aromatic rings. The smallest absolute Gasteiger partial charge is 0.161 e. The third kappa shape index (κ3) is 2.70. The summed E-state index contributed by atoms with van der Waals surface area (Å²) in [5.74, 6) is -2.99. The van der Waals surface area contributed by atoms with E-state index >= 15 is 0 Å². The minimum absolute atomic E-state index is 0.0856. The van der Waals surface area contributed by atoms with E-state index in [9.17, 15) is 13.2 Å². The Morgan fingerprint density at radius 3 is 2.52 bits per heavy atom. The molecule has 1 N–H and O–H groups in total. The van der Waals surface area contributed by atoms with Gasteiger partial charge in [0, 0.05) is 16.5 Å². The van der Waals surface area contributed by atoms with Gasteiger partial charge in [-0.25, -0.2) is 18.2 Å². The Bertz CT molecular complexity index is 646. The molecule has 0 bridgehead atoms. The Labute approximate surface area is 125 Å². The summed E-state index contributed by atoms with van der Waals surface area (Å²) in [5, 5.41) is 3.65. The first-order valence-corrected chi connectivity index (χ1v) is 7.72. The average molecular weight is 312 g/mol.